The predicted octanol–water partition coefficient (Wildman–Crippen LogP) is 1.63. The Morgan fingerprint density at radius 3 is 2.96 bits per heavy atom. The standard InChI is InChI=1S/C18H16N4O3/c1-21-7-4-12(9-16(21)23)18(24)22-8-5-15-14(11-22)20-17(25-15)13-3-2-6-19-10-13/h2-4,6-7,9-10H,5,8,11H2,1H3. The van der Waals surface area contributed by atoms with E-state index in [0.717, 1.165) is 17.0 Å². The van der Waals surface area contributed by atoms with Gasteiger partial charge in [-0.15, -0.1) is 0 Å². The van der Waals surface area contributed by atoms with Crippen LogP contribution in [0.2, 0.25) is 0 Å². The maximum absolute atomic E-state index is 12.7. The Morgan fingerprint density at radius 2 is 2.20 bits per heavy atom. The number of carbonyl (C=O) groups is 1. The molecule has 0 aromatic carbocycles. The molecule has 1 amide bonds. The highest BCUT2D eigenvalue weighted by Gasteiger charge is 2.26. The van der Waals surface area contributed by atoms with Gasteiger partial charge < -0.3 is 13.9 Å². The number of aromatic nitrogens is 3. The first kappa shape index (κ1) is 15.3. The summed E-state index contributed by atoms with van der Waals surface area (Å²) >= 11 is 0. The van der Waals surface area contributed by atoms with E-state index in [9.17, 15) is 9.59 Å². The number of oxazole rings is 1. The van der Waals surface area contributed by atoms with Gasteiger partial charge in [-0.3, -0.25) is 14.6 Å². The summed E-state index contributed by atoms with van der Waals surface area (Å²) in [7, 11) is 1.65. The SMILES string of the molecule is Cn1ccc(C(=O)N2CCc3oc(-c4cccnc4)nc3C2)cc1=O. The van der Waals surface area contributed by atoms with Crippen molar-refractivity contribution in [2.24, 2.45) is 7.05 Å². The minimum Gasteiger partial charge on any atom is -0.441 e. The van der Waals surface area contributed by atoms with Crippen molar-refractivity contribution in [2.45, 2.75) is 13.0 Å². The molecule has 0 saturated heterocycles. The summed E-state index contributed by atoms with van der Waals surface area (Å²) in [4.78, 5) is 34.7. The minimum absolute atomic E-state index is 0.172. The molecule has 1 aliphatic rings. The lowest BCUT2D eigenvalue weighted by molar-refractivity contribution is 0.0727. The zero-order chi connectivity index (χ0) is 17.4. The number of aryl methyl sites for hydroxylation is 1. The maximum Gasteiger partial charge on any atom is 0.254 e. The zero-order valence-electron chi connectivity index (χ0n) is 13.7. The molecule has 0 bridgehead atoms. The lowest BCUT2D eigenvalue weighted by atomic mass is 10.1. The van der Waals surface area contributed by atoms with E-state index >= 15 is 0 Å². The highest BCUT2D eigenvalue weighted by molar-refractivity contribution is 5.94. The highest BCUT2D eigenvalue weighted by atomic mass is 16.4. The van der Waals surface area contributed by atoms with Crippen LogP contribution in [0.25, 0.3) is 11.5 Å². The van der Waals surface area contributed by atoms with Crippen molar-refractivity contribution in [2.75, 3.05) is 6.54 Å². The summed E-state index contributed by atoms with van der Waals surface area (Å²) in [5.74, 6) is 1.14. The first-order valence-electron chi connectivity index (χ1n) is 7.97. The second-order valence-corrected chi connectivity index (χ2v) is 5.97. The lowest BCUT2D eigenvalue weighted by Crippen LogP contribution is -2.36. The molecule has 0 saturated carbocycles. The van der Waals surface area contributed by atoms with Crippen molar-refractivity contribution in [3.8, 4) is 11.5 Å². The van der Waals surface area contributed by atoms with Gasteiger partial charge in [0.1, 0.15) is 11.5 Å². The van der Waals surface area contributed by atoms with Crippen molar-refractivity contribution in [3.05, 3.63) is 70.2 Å². The van der Waals surface area contributed by atoms with Crippen LogP contribution in [-0.4, -0.2) is 31.9 Å². The lowest BCUT2D eigenvalue weighted by Gasteiger charge is -2.25. The Balaban J connectivity index is 1.58. The Labute approximate surface area is 143 Å². The number of nitrogens with zero attached hydrogens (tertiary/aromatic N) is 4. The fourth-order valence-electron chi connectivity index (χ4n) is 2.85. The molecule has 0 aliphatic carbocycles. The van der Waals surface area contributed by atoms with Crippen LogP contribution in [0.15, 0.2) is 52.1 Å². The molecule has 7 nitrogen and oxygen atoms in total. The monoisotopic (exact) mass is 336 g/mol. The van der Waals surface area contributed by atoms with Gasteiger partial charge in [0.25, 0.3) is 11.5 Å². The molecule has 126 valence electrons. The van der Waals surface area contributed by atoms with Gasteiger partial charge in [0.05, 0.1) is 12.1 Å². The van der Waals surface area contributed by atoms with Crippen molar-refractivity contribution in [3.63, 3.8) is 0 Å². The first-order valence-corrected chi connectivity index (χ1v) is 7.97. The van der Waals surface area contributed by atoms with Gasteiger partial charge in [-0.25, -0.2) is 4.98 Å². The molecule has 0 spiro atoms. The number of amides is 1. The van der Waals surface area contributed by atoms with Crippen LogP contribution in [-0.2, 0) is 20.0 Å². The van der Waals surface area contributed by atoms with Crippen molar-refractivity contribution in [1.82, 2.24) is 19.4 Å². The maximum atomic E-state index is 12.7. The molecule has 25 heavy (non-hydrogen) atoms. The first-order chi connectivity index (χ1) is 12.1. The average molecular weight is 336 g/mol. The Morgan fingerprint density at radius 1 is 1.32 bits per heavy atom. The number of hydrogen-bond donors (Lipinski definition) is 0. The fourth-order valence-corrected chi connectivity index (χ4v) is 2.85. The number of rotatable bonds is 2. The third kappa shape index (κ3) is 2.84. The van der Waals surface area contributed by atoms with E-state index in [1.54, 1.807) is 36.6 Å². The summed E-state index contributed by atoms with van der Waals surface area (Å²) in [5.41, 5.74) is 1.75. The molecule has 1 aliphatic heterocycles. The normalized spacial score (nSPS) is 13.6. The fraction of sp³-hybridized carbons (Fsp3) is 0.222. The van der Waals surface area contributed by atoms with E-state index in [1.165, 1.54) is 10.6 Å². The molecule has 0 unspecified atom stereocenters. The molecule has 0 N–H and O–H groups in total. The molecule has 3 aromatic heterocycles. The Hall–Kier alpha value is -3.22. The number of fused-ring (bicyclic) bond motifs is 1. The smallest absolute Gasteiger partial charge is 0.254 e. The second kappa shape index (κ2) is 6.01. The van der Waals surface area contributed by atoms with Crippen LogP contribution in [0.3, 0.4) is 0 Å². The topological polar surface area (TPSA) is 81.2 Å². The van der Waals surface area contributed by atoms with Crippen molar-refractivity contribution in [1.29, 1.82) is 0 Å². The summed E-state index contributed by atoms with van der Waals surface area (Å²) in [6.07, 6.45) is 5.58. The average Bonchev–Trinajstić information content (AvgIpc) is 3.07. The van der Waals surface area contributed by atoms with Crippen LogP contribution in [0, 0.1) is 0 Å². The van der Waals surface area contributed by atoms with Gasteiger partial charge in [0, 0.05) is 50.2 Å². The summed E-state index contributed by atoms with van der Waals surface area (Å²) in [5, 5.41) is 0. The van der Waals surface area contributed by atoms with Gasteiger partial charge in [0.2, 0.25) is 5.89 Å². The van der Waals surface area contributed by atoms with Crippen LogP contribution < -0.4 is 5.56 Å². The summed E-state index contributed by atoms with van der Waals surface area (Å²) in [6, 6.07) is 6.72. The van der Waals surface area contributed by atoms with Crippen molar-refractivity contribution < 1.29 is 9.21 Å². The summed E-state index contributed by atoms with van der Waals surface area (Å²) < 4.78 is 7.25. The Bertz CT molecular complexity index is 991. The molecule has 0 atom stereocenters. The number of hydrogen-bond acceptors (Lipinski definition) is 5. The third-order valence-corrected chi connectivity index (χ3v) is 4.27. The molecular formula is C18H16N4O3. The molecule has 3 aromatic rings. The minimum atomic E-state index is -0.205. The van der Waals surface area contributed by atoms with E-state index in [0.29, 0.717) is 31.0 Å². The third-order valence-electron chi connectivity index (χ3n) is 4.27. The number of carbonyl (C=O) groups excluding carboxylic acids is 1. The quantitative estimate of drug-likeness (QED) is 0.710. The number of pyridine rings is 2. The zero-order valence-corrected chi connectivity index (χ0v) is 13.7. The molecule has 4 heterocycles. The second-order valence-electron chi connectivity index (χ2n) is 5.97. The van der Waals surface area contributed by atoms with Crippen molar-refractivity contribution >= 4 is 5.91 Å². The Kier molecular flexibility index (Phi) is 3.68. The van der Waals surface area contributed by atoms with Crippen LogP contribution in [0.5, 0.6) is 0 Å². The summed E-state index contributed by atoms with van der Waals surface area (Å²) in [6.45, 7) is 0.899. The van der Waals surface area contributed by atoms with Gasteiger partial charge in [0.15, 0.2) is 0 Å². The van der Waals surface area contributed by atoms with Crippen LogP contribution in [0.4, 0.5) is 0 Å². The van der Waals surface area contributed by atoms with E-state index in [2.05, 4.69) is 9.97 Å². The molecule has 7 heteroatoms. The molecule has 0 fully saturated rings. The molecule has 0 radical (unpaired) electrons. The predicted molar refractivity (Wildman–Crippen MR) is 89.9 cm³/mol. The van der Waals surface area contributed by atoms with Gasteiger partial charge in [-0.05, 0) is 18.2 Å². The van der Waals surface area contributed by atoms with E-state index in [-0.39, 0.29) is 11.5 Å². The molecular weight excluding hydrogens is 320 g/mol. The van der Waals surface area contributed by atoms with Crippen LogP contribution in [0.1, 0.15) is 21.8 Å². The highest BCUT2D eigenvalue weighted by Crippen LogP contribution is 2.26. The largest absolute Gasteiger partial charge is 0.441 e. The molecule has 4 rings (SSSR count). The van der Waals surface area contributed by atoms with Gasteiger partial charge in [-0.2, -0.15) is 0 Å². The van der Waals surface area contributed by atoms with Gasteiger partial charge >= 0.3 is 0 Å². The van der Waals surface area contributed by atoms with E-state index in [4.69, 9.17) is 4.42 Å². The van der Waals surface area contributed by atoms with Crippen LogP contribution >= 0.6 is 0 Å². The van der Waals surface area contributed by atoms with Gasteiger partial charge in [-0.1, -0.05) is 0 Å². The van der Waals surface area contributed by atoms with E-state index in [1.807, 2.05) is 12.1 Å². The van der Waals surface area contributed by atoms with E-state index < -0.39 is 0 Å².